The SMILES string of the molecule is CC[C@H]1CCC[C@H](O[C@H]2CC[C@H](N(C)C)[C@@H](C)O2)[C@@H](C)C(=O)C2=C[C@@H]3[C@@H](C=C(C)[C@@H]4C[C@@H](O[C@@H]5O[C@@H](C)[C@H](OC)[C@@H](OC)[C@H]5O)C[C@@H]34)[C@@H]2CC(=O)O1. The summed E-state index contributed by atoms with van der Waals surface area (Å²) in [4.78, 5) is 30.4. The van der Waals surface area contributed by atoms with Crippen LogP contribution in [0.2, 0.25) is 0 Å². The molecule has 11 heteroatoms. The van der Waals surface area contributed by atoms with E-state index in [2.05, 4.69) is 51.9 Å². The van der Waals surface area contributed by atoms with Crippen molar-refractivity contribution in [1.82, 2.24) is 4.90 Å². The maximum absolute atomic E-state index is 14.7. The van der Waals surface area contributed by atoms with E-state index in [1.165, 1.54) is 5.57 Å². The van der Waals surface area contributed by atoms with Gasteiger partial charge in [-0.2, -0.15) is 0 Å². The van der Waals surface area contributed by atoms with Crippen molar-refractivity contribution in [3.8, 4) is 0 Å². The highest BCUT2D eigenvalue weighted by Crippen LogP contribution is 2.56. The number of ketones is 1. The monoisotopic (exact) mass is 731 g/mol. The molecule has 0 aromatic heterocycles. The Morgan fingerprint density at radius 1 is 0.885 bits per heavy atom. The summed E-state index contributed by atoms with van der Waals surface area (Å²) in [6.07, 6.45) is 6.97. The van der Waals surface area contributed by atoms with Crippen LogP contribution in [0.4, 0.5) is 0 Å². The predicted octanol–water partition coefficient (Wildman–Crippen LogP) is 5.22. The molecule has 6 rings (SSSR count). The van der Waals surface area contributed by atoms with Crippen molar-refractivity contribution >= 4 is 11.8 Å². The van der Waals surface area contributed by atoms with E-state index in [1.54, 1.807) is 14.2 Å². The van der Waals surface area contributed by atoms with Gasteiger partial charge in [-0.3, -0.25) is 9.59 Å². The van der Waals surface area contributed by atoms with E-state index >= 15 is 0 Å². The van der Waals surface area contributed by atoms with E-state index in [0.717, 1.165) is 50.5 Å². The predicted molar refractivity (Wildman–Crippen MR) is 194 cm³/mol. The minimum absolute atomic E-state index is 0.0171. The first-order chi connectivity index (χ1) is 24.8. The van der Waals surface area contributed by atoms with Crippen molar-refractivity contribution in [1.29, 1.82) is 0 Å². The number of aliphatic hydroxyl groups excluding tert-OH is 1. The molecule has 0 spiro atoms. The highest BCUT2D eigenvalue weighted by Gasteiger charge is 2.53. The second kappa shape index (κ2) is 17.0. The van der Waals surface area contributed by atoms with Crippen LogP contribution in [0.5, 0.6) is 0 Å². The van der Waals surface area contributed by atoms with Gasteiger partial charge in [0.1, 0.15) is 24.4 Å². The molecule has 3 aliphatic heterocycles. The molecule has 11 nitrogen and oxygen atoms in total. The topological polar surface area (TPSA) is 122 Å². The summed E-state index contributed by atoms with van der Waals surface area (Å²) >= 11 is 0. The number of hydrogen-bond acceptors (Lipinski definition) is 11. The lowest BCUT2D eigenvalue weighted by Crippen LogP contribution is -2.59. The van der Waals surface area contributed by atoms with Gasteiger partial charge in [0.2, 0.25) is 0 Å². The number of ether oxygens (including phenoxy) is 7. The van der Waals surface area contributed by atoms with Crippen LogP contribution < -0.4 is 0 Å². The zero-order valence-corrected chi connectivity index (χ0v) is 32.9. The fraction of sp³-hybridized carbons (Fsp3) is 0.854. The van der Waals surface area contributed by atoms with Crippen LogP contribution >= 0.6 is 0 Å². The Balaban J connectivity index is 1.22. The average Bonchev–Trinajstić information content (AvgIpc) is 3.69. The zero-order chi connectivity index (χ0) is 37.4. The normalized spacial score (nSPS) is 45.9. The van der Waals surface area contributed by atoms with Gasteiger partial charge in [0, 0.05) is 32.1 Å². The summed E-state index contributed by atoms with van der Waals surface area (Å²) in [5.74, 6) is -0.193. The highest BCUT2D eigenvalue weighted by molar-refractivity contribution is 5.99. The fourth-order valence-electron chi connectivity index (χ4n) is 10.5. The molecule has 52 heavy (non-hydrogen) atoms. The lowest BCUT2D eigenvalue weighted by molar-refractivity contribution is -0.310. The van der Waals surface area contributed by atoms with Crippen LogP contribution in [0.15, 0.2) is 23.3 Å². The first-order valence-corrected chi connectivity index (χ1v) is 20.0. The van der Waals surface area contributed by atoms with Crippen molar-refractivity contribution in [3.63, 3.8) is 0 Å². The minimum atomic E-state index is -0.993. The Morgan fingerprint density at radius 2 is 1.63 bits per heavy atom. The summed E-state index contributed by atoms with van der Waals surface area (Å²) in [5, 5.41) is 11.2. The molecular formula is C41H65NO10. The first-order valence-electron chi connectivity index (χ1n) is 20.0. The standard InChI is InChI=1S/C41H65NO10/c1-10-25-12-11-13-34(52-36-15-14-33(42(6)7)23(4)48-36)22(3)37(44)32-19-30-28(31(32)20-35(43)50-25)16-21(2)27-17-26(18-29(27)30)51-41-38(45)40(47-9)39(46-8)24(5)49-41/h16,19,22-31,33-34,36,38-41,45H,10-15,17-18,20H2,1-9H3/t22-,23-,24+,25+,26-,27+,28-,29-,30-,31+,33+,34+,36+,38-,39+,40+,41+/m1/s1. The van der Waals surface area contributed by atoms with Crippen LogP contribution in [-0.4, -0.2) is 118 Å². The number of carbonyl (C=O) groups excluding carboxylic acids is 2. The number of methoxy groups -OCH3 is 2. The molecule has 0 radical (unpaired) electrons. The molecular weight excluding hydrogens is 666 g/mol. The lowest BCUT2D eigenvalue weighted by atomic mass is 9.67. The van der Waals surface area contributed by atoms with Gasteiger partial charge in [-0.25, -0.2) is 0 Å². The number of carbonyl (C=O) groups is 2. The van der Waals surface area contributed by atoms with Gasteiger partial charge in [0.25, 0.3) is 0 Å². The molecule has 17 atom stereocenters. The highest BCUT2D eigenvalue weighted by atomic mass is 16.7. The van der Waals surface area contributed by atoms with Crippen LogP contribution in [0.3, 0.4) is 0 Å². The molecule has 0 bridgehead atoms. The summed E-state index contributed by atoms with van der Waals surface area (Å²) in [6.45, 7) is 10.3. The molecule has 0 unspecified atom stereocenters. The smallest absolute Gasteiger partial charge is 0.306 e. The lowest BCUT2D eigenvalue weighted by Gasteiger charge is -2.42. The Morgan fingerprint density at radius 3 is 2.31 bits per heavy atom. The van der Waals surface area contributed by atoms with Crippen molar-refractivity contribution in [2.24, 2.45) is 35.5 Å². The molecule has 0 aromatic carbocycles. The van der Waals surface area contributed by atoms with E-state index in [1.807, 2.05) is 13.8 Å². The number of fused-ring (bicyclic) bond motifs is 5. The van der Waals surface area contributed by atoms with Crippen LogP contribution in [0.25, 0.3) is 0 Å². The van der Waals surface area contributed by atoms with Crippen molar-refractivity contribution in [2.75, 3.05) is 28.3 Å². The fourth-order valence-corrected chi connectivity index (χ4v) is 10.5. The van der Waals surface area contributed by atoms with Gasteiger partial charge in [-0.15, -0.1) is 0 Å². The molecule has 6 aliphatic rings. The number of allylic oxidation sites excluding steroid dienone is 4. The number of rotatable bonds is 8. The molecule has 3 heterocycles. The Kier molecular flexibility index (Phi) is 13.1. The summed E-state index contributed by atoms with van der Waals surface area (Å²) in [7, 11) is 7.33. The number of Topliss-reactive ketones (excluding diaryl/α,β-unsaturated/α-hetero) is 1. The second-order valence-electron chi connectivity index (χ2n) is 16.8. The Labute approximate surface area is 311 Å². The maximum atomic E-state index is 14.7. The summed E-state index contributed by atoms with van der Waals surface area (Å²) in [5.41, 5.74) is 2.02. The number of hydrogen-bond donors (Lipinski definition) is 1. The van der Waals surface area contributed by atoms with E-state index in [-0.39, 0.29) is 90.5 Å². The van der Waals surface area contributed by atoms with Gasteiger partial charge >= 0.3 is 5.97 Å². The number of nitrogens with zero attached hydrogens (tertiary/aromatic N) is 1. The Hall–Kier alpha value is -1.70. The minimum Gasteiger partial charge on any atom is -0.462 e. The molecule has 0 aromatic rings. The number of aliphatic hydroxyl groups is 1. The average molecular weight is 732 g/mol. The van der Waals surface area contributed by atoms with Gasteiger partial charge in [-0.05, 0) is 115 Å². The van der Waals surface area contributed by atoms with Gasteiger partial charge in [0.15, 0.2) is 18.4 Å². The van der Waals surface area contributed by atoms with Crippen molar-refractivity contribution in [3.05, 3.63) is 23.3 Å². The summed E-state index contributed by atoms with van der Waals surface area (Å²) < 4.78 is 43.0. The third kappa shape index (κ3) is 8.13. The maximum Gasteiger partial charge on any atom is 0.306 e. The number of cyclic esters (lactones) is 1. The van der Waals surface area contributed by atoms with Gasteiger partial charge in [0.05, 0.1) is 30.8 Å². The molecule has 3 saturated heterocycles. The molecule has 294 valence electrons. The zero-order valence-electron chi connectivity index (χ0n) is 32.9. The van der Waals surface area contributed by atoms with Crippen LogP contribution in [0.1, 0.15) is 92.4 Å². The van der Waals surface area contributed by atoms with Gasteiger partial charge in [-0.1, -0.05) is 31.6 Å². The second-order valence-corrected chi connectivity index (χ2v) is 16.8. The van der Waals surface area contributed by atoms with Crippen LogP contribution in [-0.2, 0) is 42.7 Å². The van der Waals surface area contributed by atoms with Gasteiger partial charge < -0.3 is 43.2 Å². The number of likely N-dealkylation sites (N-methyl/N-ethyl adjacent to an activating group) is 1. The van der Waals surface area contributed by atoms with Crippen LogP contribution in [0, 0.1) is 35.5 Å². The molecule has 1 N–H and O–H groups in total. The Bertz CT molecular complexity index is 1320. The quantitative estimate of drug-likeness (QED) is 0.261. The molecule has 3 aliphatic carbocycles. The van der Waals surface area contributed by atoms with Crippen molar-refractivity contribution in [2.45, 2.75) is 160 Å². The molecule has 4 fully saturated rings. The number of esters is 1. The van der Waals surface area contributed by atoms with E-state index < -0.39 is 24.6 Å². The summed E-state index contributed by atoms with van der Waals surface area (Å²) in [6, 6.07) is 0.331. The molecule has 1 saturated carbocycles. The van der Waals surface area contributed by atoms with E-state index in [0.29, 0.717) is 12.5 Å². The third-order valence-corrected chi connectivity index (χ3v) is 13.4. The van der Waals surface area contributed by atoms with E-state index in [4.69, 9.17) is 33.2 Å². The first kappa shape index (κ1) is 40.0. The van der Waals surface area contributed by atoms with Crippen molar-refractivity contribution < 1.29 is 47.9 Å². The van der Waals surface area contributed by atoms with E-state index in [9.17, 15) is 14.7 Å². The third-order valence-electron chi connectivity index (χ3n) is 13.4. The molecule has 0 amide bonds. The largest absolute Gasteiger partial charge is 0.462 e.